The number of nitrogens with one attached hydrogen (secondary N) is 1. The summed E-state index contributed by atoms with van der Waals surface area (Å²) in [6.07, 6.45) is 1.21. The van der Waals surface area contributed by atoms with Gasteiger partial charge in [0.15, 0.2) is 0 Å². The molecule has 19 heavy (non-hydrogen) atoms. The van der Waals surface area contributed by atoms with Gasteiger partial charge in [-0.1, -0.05) is 12.1 Å². The highest BCUT2D eigenvalue weighted by Crippen LogP contribution is 2.23. The fourth-order valence-corrected chi connectivity index (χ4v) is 1.86. The van der Waals surface area contributed by atoms with Crippen molar-refractivity contribution in [1.29, 1.82) is 0 Å². The Balaban J connectivity index is 2.88. The number of aliphatic hydroxyl groups excluding tert-OH is 1. The standard InChI is InChI=1S/C13H18N2O4/c1-9-5-3-7-11(12(9)15(18)19)13(17)14-10(2)6-4-8-16/h3,5,7,10,16H,4,6,8H2,1-2H3,(H,14,17). The Hall–Kier alpha value is -1.95. The molecule has 0 spiro atoms. The number of aryl methyl sites for hydroxylation is 1. The van der Waals surface area contributed by atoms with Gasteiger partial charge in [-0.05, 0) is 32.8 Å². The highest BCUT2D eigenvalue weighted by molar-refractivity contribution is 5.98. The molecule has 6 nitrogen and oxygen atoms in total. The molecule has 1 rings (SSSR count). The molecule has 2 N–H and O–H groups in total. The highest BCUT2D eigenvalue weighted by Gasteiger charge is 2.22. The van der Waals surface area contributed by atoms with E-state index in [9.17, 15) is 14.9 Å². The molecule has 6 heteroatoms. The van der Waals surface area contributed by atoms with Gasteiger partial charge in [-0.15, -0.1) is 0 Å². The minimum atomic E-state index is -0.539. The van der Waals surface area contributed by atoms with Crippen LogP contribution in [0.15, 0.2) is 18.2 Å². The largest absolute Gasteiger partial charge is 0.396 e. The van der Waals surface area contributed by atoms with Gasteiger partial charge in [-0.25, -0.2) is 0 Å². The number of hydrogen-bond donors (Lipinski definition) is 2. The maximum absolute atomic E-state index is 12.0. The summed E-state index contributed by atoms with van der Waals surface area (Å²) < 4.78 is 0. The summed E-state index contributed by atoms with van der Waals surface area (Å²) in [5.74, 6) is -0.458. The average Bonchev–Trinajstić information content (AvgIpc) is 2.35. The van der Waals surface area contributed by atoms with Crippen molar-refractivity contribution < 1.29 is 14.8 Å². The molecule has 0 radical (unpaired) electrons. The minimum absolute atomic E-state index is 0.0603. The zero-order valence-electron chi connectivity index (χ0n) is 11.0. The minimum Gasteiger partial charge on any atom is -0.396 e. The van der Waals surface area contributed by atoms with Crippen LogP contribution in [0, 0.1) is 17.0 Å². The number of aliphatic hydroxyl groups is 1. The van der Waals surface area contributed by atoms with Crippen molar-refractivity contribution in [3.8, 4) is 0 Å². The lowest BCUT2D eigenvalue weighted by Crippen LogP contribution is -2.33. The molecule has 1 aromatic carbocycles. The summed E-state index contributed by atoms with van der Waals surface area (Å²) in [5.41, 5.74) is 0.371. The zero-order valence-corrected chi connectivity index (χ0v) is 11.0. The van der Waals surface area contributed by atoms with E-state index < -0.39 is 10.8 Å². The van der Waals surface area contributed by atoms with Gasteiger partial charge in [0.25, 0.3) is 11.6 Å². The lowest BCUT2D eigenvalue weighted by molar-refractivity contribution is -0.385. The second-order valence-corrected chi connectivity index (χ2v) is 4.47. The first kappa shape index (κ1) is 15.1. The Morgan fingerprint density at radius 3 is 2.79 bits per heavy atom. The Morgan fingerprint density at radius 1 is 1.53 bits per heavy atom. The van der Waals surface area contributed by atoms with Crippen LogP contribution in [0.5, 0.6) is 0 Å². The van der Waals surface area contributed by atoms with E-state index in [1.807, 2.05) is 0 Å². The predicted molar refractivity (Wildman–Crippen MR) is 71.1 cm³/mol. The van der Waals surface area contributed by atoms with Crippen LogP contribution in [-0.2, 0) is 0 Å². The molecule has 0 heterocycles. The quantitative estimate of drug-likeness (QED) is 0.606. The van der Waals surface area contributed by atoms with Crippen molar-refractivity contribution in [3.63, 3.8) is 0 Å². The third-order valence-electron chi connectivity index (χ3n) is 2.84. The number of benzene rings is 1. The Morgan fingerprint density at radius 2 is 2.21 bits per heavy atom. The van der Waals surface area contributed by atoms with Crippen molar-refractivity contribution in [3.05, 3.63) is 39.4 Å². The molecule has 0 aliphatic carbocycles. The normalized spacial score (nSPS) is 11.9. The first-order valence-electron chi connectivity index (χ1n) is 6.13. The molecule has 104 valence electrons. The Bertz CT molecular complexity index is 474. The third kappa shape index (κ3) is 4.03. The van der Waals surface area contributed by atoms with Gasteiger partial charge < -0.3 is 10.4 Å². The molecule has 0 aliphatic heterocycles. The molecular weight excluding hydrogens is 248 g/mol. The molecule has 1 aromatic rings. The van der Waals surface area contributed by atoms with Gasteiger partial charge in [0.05, 0.1) is 4.92 Å². The molecule has 0 aromatic heterocycles. The number of amides is 1. The van der Waals surface area contributed by atoms with Gasteiger partial charge in [0.1, 0.15) is 5.56 Å². The van der Waals surface area contributed by atoms with Gasteiger partial charge in [0.2, 0.25) is 0 Å². The van der Waals surface area contributed by atoms with Crippen molar-refractivity contribution >= 4 is 11.6 Å². The summed E-state index contributed by atoms with van der Waals surface area (Å²) >= 11 is 0. The van der Waals surface area contributed by atoms with Crippen LogP contribution in [-0.4, -0.2) is 28.6 Å². The van der Waals surface area contributed by atoms with Crippen molar-refractivity contribution in [2.75, 3.05) is 6.61 Å². The van der Waals surface area contributed by atoms with Crippen molar-refractivity contribution in [2.45, 2.75) is 32.7 Å². The number of para-hydroxylation sites is 1. The topological polar surface area (TPSA) is 92.5 Å². The molecule has 1 atom stereocenters. The lowest BCUT2D eigenvalue weighted by Gasteiger charge is -2.13. The fraction of sp³-hybridized carbons (Fsp3) is 0.462. The number of carbonyl (C=O) groups is 1. The maximum Gasteiger partial charge on any atom is 0.285 e. The molecule has 1 amide bonds. The summed E-state index contributed by atoms with van der Waals surface area (Å²) in [4.78, 5) is 22.5. The third-order valence-corrected chi connectivity index (χ3v) is 2.84. The Kier molecular flexibility index (Phi) is 5.44. The van der Waals surface area contributed by atoms with Crippen LogP contribution in [0.1, 0.15) is 35.7 Å². The number of hydrogen-bond acceptors (Lipinski definition) is 4. The van der Waals surface area contributed by atoms with E-state index in [1.165, 1.54) is 6.07 Å². The first-order valence-corrected chi connectivity index (χ1v) is 6.13. The smallest absolute Gasteiger partial charge is 0.285 e. The van der Waals surface area contributed by atoms with E-state index in [0.717, 1.165) is 0 Å². The van der Waals surface area contributed by atoms with Crippen LogP contribution < -0.4 is 5.32 Å². The van der Waals surface area contributed by atoms with Crippen molar-refractivity contribution in [2.24, 2.45) is 0 Å². The second kappa shape index (κ2) is 6.84. The van der Waals surface area contributed by atoms with Gasteiger partial charge >= 0.3 is 0 Å². The molecule has 0 saturated carbocycles. The van der Waals surface area contributed by atoms with Crippen molar-refractivity contribution in [1.82, 2.24) is 5.32 Å². The molecule has 1 unspecified atom stereocenters. The average molecular weight is 266 g/mol. The maximum atomic E-state index is 12.0. The van der Waals surface area contributed by atoms with E-state index in [4.69, 9.17) is 5.11 Å². The summed E-state index contributed by atoms with van der Waals surface area (Å²) in [6, 6.07) is 4.53. The fourth-order valence-electron chi connectivity index (χ4n) is 1.86. The molecule has 0 fully saturated rings. The first-order chi connectivity index (χ1) is 8.97. The van der Waals surface area contributed by atoms with Gasteiger partial charge in [-0.2, -0.15) is 0 Å². The molecule has 0 saturated heterocycles. The monoisotopic (exact) mass is 266 g/mol. The van der Waals surface area contributed by atoms with Crippen LogP contribution in [0.3, 0.4) is 0 Å². The second-order valence-electron chi connectivity index (χ2n) is 4.47. The highest BCUT2D eigenvalue weighted by atomic mass is 16.6. The molecule has 0 bridgehead atoms. The van der Waals surface area contributed by atoms with Gasteiger partial charge in [0, 0.05) is 18.2 Å². The number of nitrogens with zero attached hydrogens (tertiary/aromatic N) is 1. The van der Waals surface area contributed by atoms with E-state index in [1.54, 1.807) is 26.0 Å². The summed E-state index contributed by atoms with van der Waals surface area (Å²) in [7, 11) is 0. The van der Waals surface area contributed by atoms with E-state index >= 15 is 0 Å². The van der Waals surface area contributed by atoms with Crippen LogP contribution >= 0.6 is 0 Å². The zero-order chi connectivity index (χ0) is 14.4. The summed E-state index contributed by atoms with van der Waals surface area (Å²) in [5, 5.41) is 22.4. The van der Waals surface area contributed by atoms with Crippen LogP contribution in [0.25, 0.3) is 0 Å². The van der Waals surface area contributed by atoms with Gasteiger partial charge in [-0.3, -0.25) is 14.9 Å². The van der Waals surface area contributed by atoms with E-state index in [0.29, 0.717) is 18.4 Å². The predicted octanol–water partition coefficient (Wildman–Crippen LogP) is 1.79. The number of rotatable bonds is 6. The molecular formula is C13H18N2O4. The molecule has 0 aliphatic rings. The Labute approximate surface area is 111 Å². The number of nitro benzene ring substituents is 1. The lowest BCUT2D eigenvalue weighted by atomic mass is 10.1. The number of carbonyl (C=O) groups excluding carboxylic acids is 1. The van der Waals surface area contributed by atoms with Crippen LogP contribution in [0.2, 0.25) is 0 Å². The SMILES string of the molecule is Cc1cccc(C(=O)NC(C)CCCO)c1[N+](=O)[O-]. The summed E-state index contributed by atoms with van der Waals surface area (Å²) in [6.45, 7) is 3.46. The van der Waals surface area contributed by atoms with E-state index in [-0.39, 0.29) is 23.9 Å². The van der Waals surface area contributed by atoms with Crippen LogP contribution in [0.4, 0.5) is 5.69 Å². The number of nitro groups is 1. The van der Waals surface area contributed by atoms with E-state index in [2.05, 4.69) is 5.32 Å².